The summed E-state index contributed by atoms with van der Waals surface area (Å²) in [6.45, 7) is 0. The van der Waals surface area contributed by atoms with E-state index in [0.29, 0.717) is 10.2 Å². The summed E-state index contributed by atoms with van der Waals surface area (Å²) in [4.78, 5) is 4.33. The zero-order valence-corrected chi connectivity index (χ0v) is 9.59. The molecule has 1 aromatic carbocycles. The Balaban J connectivity index is 2.44. The molecule has 0 radical (unpaired) electrons. The number of halogens is 1. The zero-order valence-electron chi connectivity index (χ0n) is 8.01. The molecule has 76 valence electrons. The molecule has 0 bridgehead atoms. The molecule has 1 heterocycles. The fraction of sp³-hybridized carbons (Fsp3) is 0.100. The third-order valence-corrected chi connectivity index (χ3v) is 2.62. The summed E-state index contributed by atoms with van der Waals surface area (Å²) in [5, 5.41) is 9.11. The molecule has 3 nitrogen and oxygen atoms in total. The fourth-order valence-electron chi connectivity index (χ4n) is 1.16. The number of nitrogens with zero attached hydrogens (tertiary/aromatic N) is 3. The Morgan fingerprint density at radius 1 is 1.33 bits per heavy atom. The maximum atomic E-state index is 5.90. The third kappa shape index (κ3) is 2.46. The summed E-state index contributed by atoms with van der Waals surface area (Å²) in [5.74, 6) is 0. The summed E-state index contributed by atoms with van der Waals surface area (Å²) in [6, 6.07) is 7.52. The molecule has 0 saturated carbocycles. The minimum absolute atomic E-state index is 0.660. The minimum Gasteiger partial charge on any atom is -0.219 e. The molecule has 0 amide bonds. The van der Waals surface area contributed by atoms with Crippen LogP contribution in [0.1, 0.15) is 0 Å². The van der Waals surface area contributed by atoms with Gasteiger partial charge in [0.2, 0.25) is 5.16 Å². The van der Waals surface area contributed by atoms with E-state index >= 15 is 0 Å². The van der Waals surface area contributed by atoms with Gasteiger partial charge in [0, 0.05) is 10.6 Å². The normalized spacial score (nSPS) is 10.3. The first kappa shape index (κ1) is 10.4. The lowest BCUT2D eigenvalue weighted by molar-refractivity contribution is 0.846. The van der Waals surface area contributed by atoms with Gasteiger partial charge in [-0.15, -0.1) is 5.10 Å². The van der Waals surface area contributed by atoms with Crippen LogP contribution in [0.2, 0.25) is 5.02 Å². The average Bonchev–Trinajstić information content (AvgIpc) is 2.29. The average molecular weight is 238 g/mol. The monoisotopic (exact) mass is 237 g/mol. The Kier molecular flexibility index (Phi) is 3.18. The van der Waals surface area contributed by atoms with Crippen LogP contribution in [0, 0.1) is 0 Å². The molecule has 0 N–H and O–H groups in total. The van der Waals surface area contributed by atoms with Gasteiger partial charge in [-0.1, -0.05) is 35.5 Å². The summed E-state index contributed by atoms with van der Waals surface area (Å²) < 4.78 is 0. The lowest BCUT2D eigenvalue weighted by Crippen LogP contribution is -1.92. The largest absolute Gasteiger partial charge is 0.219 e. The highest BCUT2D eigenvalue weighted by Crippen LogP contribution is 2.21. The van der Waals surface area contributed by atoms with Gasteiger partial charge in [0.05, 0.1) is 11.9 Å². The van der Waals surface area contributed by atoms with Crippen LogP contribution in [0.15, 0.2) is 35.6 Å². The van der Waals surface area contributed by atoms with Gasteiger partial charge >= 0.3 is 0 Å². The molecule has 0 aliphatic carbocycles. The molecule has 0 unspecified atom stereocenters. The van der Waals surface area contributed by atoms with Crippen molar-refractivity contribution in [1.29, 1.82) is 0 Å². The van der Waals surface area contributed by atoms with Gasteiger partial charge in [-0.05, 0) is 18.4 Å². The van der Waals surface area contributed by atoms with Gasteiger partial charge < -0.3 is 0 Å². The molecular formula is C10H8ClN3S. The van der Waals surface area contributed by atoms with E-state index in [2.05, 4.69) is 15.2 Å². The van der Waals surface area contributed by atoms with Crippen LogP contribution in [0.4, 0.5) is 0 Å². The molecule has 5 heteroatoms. The Bertz CT molecular complexity index is 476. The molecule has 1 aromatic heterocycles. The second kappa shape index (κ2) is 4.59. The van der Waals surface area contributed by atoms with Gasteiger partial charge in [-0.25, -0.2) is 4.98 Å². The van der Waals surface area contributed by atoms with E-state index in [0.717, 1.165) is 11.3 Å². The Morgan fingerprint density at radius 3 is 2.93 bits per heavy atom. The maximum Gasteiger partial charge on any atom is 0.209 e. The van der Waals surface area contributed by atoms with E-state index in [1.807, 2.05) is 30.5 Å². The van der Waals surface area contributed by atoms with Crippen molar-refractivity contribution in [3.63, 3.8) is 0 Å². The minimum atomic E-state index is 0.660. The van der Waals surface area contributed by atoms with Crippen molar-refractivity contribution >= 4 is 23.4 Å². The first-order chi connectivity index (χ1) is 7.29. The number of benzene rings is 1. The predicted molar refractivity (Wildman–Crippen MR) is 62.1 cm³/mol. The van der Waals surface area contributed by atoms with Crippen LogP contribution in [0.5, 0.6) is 0 Å². The Hall–Kier alpha value is -1.13. The van der Waals surface area contributed by atoms with Gasteiger partial charge in [0.15, 0.2) is 0 Å². The van der Waals surface area contributed by atoms with Gasteiger partial charge in [-0.3, -0.25) is 0 Å². The van der Waals surface area contributed by atoms with Crippen LogP contribution in [-0.2, 0) is 0 Å². The molecule has 0 fully saturated rings. The SMILES string of the molecule is CSc1nncc(-c2cccc(Cl)c2)n1. The lowest BCUT2D eigenvalue weighted by Gasteiger charge is -2.01. The molecule has 0 saturated heterocycles. The smallest absolute Gasteiger partial charge is 0.209 e. The molecule has 0 atom stereocenters. The molecule has 2 rings (SSSR count). The van der Waals surface area contributed by atoms with Crippen molar-refractivity contribution in [1.82, 2.24) is 15.2 Å². The summed E-state index contributed by atoms with van der Waals surface area (Å²) in [7, 11) is 0. The third-order valence-electron chi connectivity index (χ3n) is 1.84. The Morgan fingerprint density at radius 2 is 2.20 bits per heavy atom. The molecule has 0 spiro atoms. The van der Waals surface area contributed by atoms with Gasteiger partial charge in [0.25, 0.3) is 0 Å². The van der Waals surface area contributed by atoms with Gasteiger partial charge in [-0.2, -0.15) is 5.10 Å². The molecular weight excluding hydrogens is 230 g/mol. The van der Waals surface area contributed by atoms with Crippen LogP contribution in [0.25, 0.3) is 11.3 Å². The van der Waals surface area contributed by atoms with E-state index in [4.69, 9.17) is 11.6 Å². The second-order valence-electron chi connectivity index (χ2n) is 2.84. The summed E-state index contributed by atoms with van der Waals surface area (Å²) in [6.07, 6.45) is 3.55. The van der Waals surface area contributed by atoms with Crippen molar-refractivity contribution in [2.75, 3.05) is 6.26 Å². The fourth-order valence-corrected chi connectivity index (χ4v) is 1.67. The van der Waals surface area contributed by atoms with Crippen molar-refractivity contribution in [3.05, 3.63) is 35.5 Å². The Labute approximate surface area is 96.9 Å². The highest BCUT2D eigenvalue weighted by atomic mass is 35.5. The number of thioether (sulfide) groups is 1. The second-order valence-corrected chi connectivity index (χ2v) is 4.05. The van der Waals surface area contributed by atoms with Crippen LogP contribution in [0.3, 0.4) is 0 Å². The standard InChI is InChI=1S/C10H8ClN3S/c1-15-10-13-9(6-12-14-10)7-3-2-4-8(11)5-7/h2-6H,1H3. The first-order valence-electron chi connectivity index (χ1n) is 4.29. The van der Waals surface area contributed by atoms with Crippen LogP contribution >= 0.6 is 23.4 Å². The highest BCUT2D eigenvalue weighted by Gasteiger charge is 2.02. The number of aromatic nitrogens is 3. The van der Waals surface area contributed by atoms with E-state index in [9.17, 15) is 0 Å². The number of rotatable bonds is 2. The molecule has 2 aromatic rings. The lowest BCUT2D eigenvalue weighted by atomic mass is 10.2. The zero-order chi connectivity index (χ0) is 10.7. The van der Waals surface area contributed by atoms with E-state index < -0.39 is 0 Å². The molecule has 0 aliphatic rings. The van der Waals surface area contributed by atoms with Crippen molar-refractivity contribution < 1.29 is 0 Å². The molecule has 0 aliphatic heterocycles. The summed E-state index contributed by atoms with van der Waals surface area (Å²) in [5.41, 5.74) is 1.74. The van der Waals surface area contributed by atoms with Crippen molar-refractivity contribution in [3.8, 4) is 11.3 Å². The van der Waals surface area contributed by atoms with E-state index in [1.165, 1.54) is 11.8 Å². The predicted octanol–water partition coefficient (Wildman–Crippen LogP) is 2.91. The maximum absolute atomic E-state index is 5.90. The molecule has 15 heavy (non-hydrogen) atoms. The topological polar surface area (TPSA) is 38.7 Å². The van der Waals surface area contributed by atoms with E-state index in [1.54, 1.807) is 6.20 Å². The van der Waals surface area contributed by atoms with Crippen molar-refractivity contribution in [2.45, 2.75) is 5.16 Å². The highest BCUT2D eigenvalue weighted by molar-refractivity contribution is 7.98. The quantitative estimate of drug-likeness (QED) is 0.753. The van der Waals surface area contributed by atoms with Crippen LogP contribution in [-0.4, -0.2) is 21.4 Å². The summed E-state index contributed by atoms with van der Waals surface area (Å²) >= 11 is 7.36. The van der Waals surface area contributed by atoms with E-state index in [-0.39, 0.29) is 0 Å². The first-order valence-corrected chi connectivity index (χ1v) is 5.89. The number of hydrogen-bond donors (Lipinski definition) is 0. The van der Waals surface area contributed by atoms with Crippen LogP contribution < -0.4 is 0 Å². The van der Waals surface area contributed by atoms with Gasteiger partial charge in [0.1, 0.15) is 0 Å². The van der Waals surface area contributed by atoms with Crippen molar-refractivity contribution in [2.24, 2.45) is 0 Å². The number of hydrogen-bond acceptors (Lipinski definition) is 4.